The first kappa shape index (κ1) is 14.3. The van der Waals surface area contributed by atoms with Gasteiger partial charge in [-0.2, -0.15) is 0 Å². The summed E-state index contributed by atoms with van der Waals surface area (Å²) in [6, 6.07) is 0. The molecule has 1 amide bonds. The predicted octanol–water partition coefficient (Wildman–Crippen LogP) is -0.892. The summed E-state index contributed by atoms with van der Waals surface area (Å²) in [6.07, 6.45) is 3.04. The summed E-state index contributed by atoms with van der Waals surface area (Å²) in [6.45, 7) is 0.713. The summed E-state index contributed by atoms with van der Waals surface area (Å²) in [5.74, 6) is -0.149. The zero-order valence-corrected chi connectivity index (χ0v) is 11.3. The largest absolute Gasteiger partial charge is 0.392 e. The molecule has 8 heteroatoms. The van der Waals surface area contributed by atoms with Crippen LogP contribution in [0.1, 0.15) is 19.3 Å². The number of nitrogens with one attached hydrogen (secondary N) is 2. The predicted molar refractivity (Wildman–Crippen MR) is 68.9 cm³/mol. The van der Waals surface area contributed by atoms with Gasteiger partial charge in [-0.3, -0.25) is 4.79 Å². The van der Waals surface area contributed by atoms with Gasteiger partial charge in [-0.15, -0.1) is 0 Å². The summed E-state index contributed by atoms with van der Waals surface area (Å²) in [5, 5.41) is 2.71. The molecular formula is C9H17N3O3S2. The van der Waals surface area contributed by atoms with Crippen molar-refractivity contribution in [3.05, 3.63) is 0 Å². The van der Waals surface area contributed by atoms with Gasteiger partial charge in [-0.1, -0.05) is 12.2 Å². The van der Waals surface area contributed by atoms with Crippen molar-refractivity contribution in [3.63, 3.8) is 0 Å². The summed E-state index contributed by atoms with van der Waals surface area (Å²) < 4.78 is 23.9. The van der Waals surface area contributed by atoms with Gasteiger partial charge < -0.3 is 11.1 Å². The highest BCUT2D eigenvalue weighted by atomic mass is 32.2. The lowest BCUT2D eigenvalue weighted by atomic mass is 10.1. The average Bonchev–Trinajstić information content (AvgIpc) is 2.95. The minimum Gasteiger partial charge on any atom is -0.392 e. The molecule has 98 valence electrons. The second kappa shape index (κ2) is 5.28. The normalized spacial score (nSPS) is 17.5. The van der Waals surface area contributed by atoms with Crippen molar-refractivity contribution < 1.29 is 13.2 Å². The van der Waals surface area contributed by atoms with Gasteiger partial charge in [-0.05, 0) is 19.3 Å². The van der Waals surface area contributed by atoms with E-state index in [0.717, 1.165) is 6.26 Å². The van der Waals surface area contributed by atoms with E-state index in [0.29, 0.717) is 32.4 Å². The number of carbonyl (C=O) groups excluding carboxylic acids is 1. The number of hydrogen-bond acceptors (Lipinski definition) is 4. The Morgan fingerprint density at radius 3 is 2.41 bits per heavy atom. The first-order valence-electron chi connectivity index (χ1n) is 5.31. The molecule has 0 atom stereocenters. The van der Waals surface area contributed by atoms with Crippen LogP contribution in [0.25, 0.3) is 0 Å². The molecule has 0 aromatic heterocycles. The smallest absolute Gasteiger partial charge is 0.233 e. The van der Waals surface area contributed by atoms with E-state index < -0.39 is 15.4 Å². The van der Waals surface area contributed by atoms with Crippen molar-refractivity contribution in [3.8, 4) is 0 Å². The van der Waals surface area contributed by atoms with Crippen LogP contribution in [0.2, 0.25) is 0 Å². The van der Waals surface area contributed by atoms with E-state index in [1.807, 2.05) is 0 Å². The standard InChI is InChI=1S/C9H17N3O3S2/c1-17(14,15)12-6-2-5-11-8(13)9(3-4-9)7(10)16/h12H,2-6H2,1H3,(H2,10,16)(H,11,13). The van der Waals surface area contributed by atoms with Crippen LogP contribution in [0.15, 0.2) is 0 Å². The van der Waals surface area contributed by atoms with E-state index in [1.54, 1.807) is 0 Å². The molecule has 0 radical (unpaired) electrons. The van der Waals surface area contributed by atoms with E-state index in [1.165, 1.54) is 0 Å². The molecule has 0 heterocycles. The third-order valence-electron chi connectivity index (χ3n) is 2.66. The van der Waals surface area contributed by atoms with Crippen LogP contribution in [-0.4, -0.2) is 38.7 Å². The Morgan fingerprint density at radius 1 is 1.41 bits per heavy atom. The first-order chi connectivity index (χ1) is 7.78. The van der Waals surface area contributed by atoms with Crippen LogP contribution in [-0.2, 0) is 14.8 Å². The SMILES string of the molecule is CS(=O)(=O)NCCCNC(=O)C1(C(N)=S)CC1. The zero-order valence-electron chi connectivity index (χ0n) is 9.65. The first-order valence-corrected chi connectivity index (χ1v) is 7.61. The van der Waals surface area contributed by atoms with Crippen molar-refractivity contribution in [2.24, 2.45) is 11.1 Å². The molecule has 0 saturated heterocycles. The molecule has 4 N–H and O–H groups in total. The molecule has 0 unspecified atom stereocenters. The highest BCUT2D eigenvalue weighted by Gasteiger charge is 2.52. The molecule has 0 bridgehead atoms. The Labute approximate surface area is 106 Å². The zero-order chi connectivity index (χ0) is 13.1. The number of carbonyl (C=O) groups is 1. The molecule has 1 rings (SSSR count). The maximum Gasteiger partial charge on any atom is 0.233 e. The molecule has 0 aromatic carbocycles. The van der Waals surface area contributed by atoms with E-state index in [4.69, 9.17) is 18.0 Å². The Morgan fingerprint density at radius 2 is 2.00 bits per heavy atom. The summed E-state index contributed by atoms with van der Waals surface area (Å²) in [4.78, 5) is 12.0. The van der Waals surface area contributed by atoms with Gasteiger partial charge >= 0.3 is 0 Å². The van der Waals surface area contributed by atoms with Gasteiger partial charge in [0.1, 0.15) is 0 Å². The number of rotatable bonds is 7. The summed E-state index contributed by atoms with van der Waals surface area (Å²) in [5.41, 5.74) is 4.86. The van der Waals surface area contributed by atoms with Crippen LogP contribution in [0.3, 0.4) is 0 Å². The summed E-state index contributed by atoms with van der Waals surface area (Å²) >= 11 is 4.85. The summed E-state index contributed by atoms with van der Waals surface area (Å²) in [7, 11) is -3.16. The third kappa shape index (κ3) is 4.21. The number of nitrogens with two attached hydrogens (primary N) is 1. The quantitative estimate of drug-likeness (QED) is 0.414. The van der Waals surface area contributed by atoms with Crippen molar-refractivity contribution in [1.29, 1.82) is 0 Å². The lowest BCUT2D eigenvalue weighted by Gasteiger charge is -2.13. The number of sulfonamides is 1. The minimum absolute atomic E-state index is 0.149. The minimum atomic E-state index is -3.16. The van der Waals surface area contributed by atoms with E-state index in [9.17, 15) is 13.2 Å². The Kier molecular flexibility index (Phi) is 4.45. The van der Waals surface area contributed by atoms with Gasteiger partial charge in [0, 0.05) is 13.1 Å². The number of amides is 1. The molecule has 0 aromatic rings. The topological polar surface area (TPSA) is 101 Å². The van der Waals surface area contributed by atoms with Crippen LogP contribution in [0.5, 0.6) is 0 Å². The van der Waals surface area contributed by atoms with Crippen molar-refractivity contribution >= 4 is 33.1 Å². The van der Waals surface area contributed by atoms with Gasteiger partial charge in [0.25, 0.3) is 0 Å². The highest BCUT2D eigenvalue weighted by molar-refractivity contribution is 7.88. The van der Waals surface area contributed by atoms with Crippen LogP contribution < -0.4 is 15.8 Å². The fraction of sp³-hybridized carbons (Fsp3) is 0.778. The molecule has 1 saturated carbocycles. The molecule has 6 nitrogen and oxygen atoms in total. The van der Waals surface area contributed by atoms with Crippen molar-refractivity contribution in [2.45, 2.75) is 19.3 Å². The lowest BCUT2D eigenvalue weighted by Crippen LogP contribution is -2.40. The van der Waals surface area contributed by atoms with Crippen LogP contribution in [0, 0.1) is 5.41 Å². The monoisotopic (exact) mass is 279 g/mol. The van der Waals surface area contributed by atoms with Crippen molar-refractivity contribution in [1.82, 2.24) is 10.0 Å². The maximum atomic E-state index is 11.7. The Bertz CT molecular complexity index is 415. The Hall–Kier alpha value is -0.730. The molecule has 1 aliphatic carbocycles. The number of hydrogen-bond donors (Lipinski definition) is 3. The van der Waals surface area contributed by atoms with Gasteiger partial charge in [0.15, 0.2) is 0 Å². The van der Waals surface area contributed by atoms with Crippen LogP contribution in [0.4, 0.5) is 0 Å². The molecular weight excluding hydrogens is 262 g/mol. The van der Waals surface area contributed by atoms with Gasteiger partial charge in [0.2, 0.25) is 15.9 Å². The average molecular weight is 279 g/mol. The van der Waals surface area contributed by atoms with E-state index in [-0.39, 0.29) is 10.9 Å². The molecule has 1 fully saturated rings. The maximum absolute atomic E-state index is 11.7. The molecule has 0 aliphatic heterocycles. The van der Waals surface area contributed by atoms with E-state index >= 15 is 0 Å². The Balaban J connectivity index is 2.20. The van der Waals surface area contributed by atoms with Crippen molar-refractivity contribution in [2.75, 3.05) is 19.3 Å². The highest BCUT2D eigenvalue weighted by Crippen LogP contribution is 2.46. The molecule has 1 aliphatic rings. The van der Waals surface area contributed by atoms with Gasteiger partial charge in [-0.25, -0.2) is 13.1 Å². The fourth-order valence-corrected chi connectivity index (χ4v) is 2.24. The second-order valence-electron chi connectivity index (χ2n) is 4.22. The van der Waals surface area contributed by atoms with E-state index in [2.05, 4.69) is 10.0 Å². The van der Waals surface area contributed by atoms with Gasteiger partial charge in [0.05, 0.1) is 16.7 Å². The number of thiocarbonyl (C=S) groups is 1. The third-order valence-corrected chi connectivity index (χ3v) is 3.78. The second-order valence-corrected chi connectivity index (χ2v) is 6.50. The molecule has 0 spiro atoms. The lowest BCUT2D eigenvalue weighted by molar-refractivity contribution is -0.123. The fourth-order valence-electron chi connectivity index (χ4n) is 1.43. The van der Waals surface area contributed by atoms with Crippen LogP contribution >= 0.6 is 12.2 Å². The molecule has 17 heavy (non-hydrogen) atoms.